The van der Waals surface area contributed by atoms with Gasteiger partial charge in [-0.15, -0.1) is 0 Å². The minimum absolute atomic E-state index is 0.151. The van der Waals surface area contributed by atoms with E-state index in [9.17, 15) is 10.2 Å². The fraction of sp³-hybridized carbons (Fsp3) is 0.688. The van der Waals surface area contributed by atoms with E-state index >= 15 is 0 Å². The Morgan fingerprint density at radius 1 is 1.30 bits per heavy atom. The molecule has 0 bridgehead atoms. The lowest BCUT2D eigenvalue weighted by Crippen LogP contribution is -2.33. The van der Waals surface area contributed by atoms with Crippen LogP contribution in [0.25, 0.3) is 11.2 Å². The van der Waals surface area contributed by atoms with Gasteiger partial charge in [0.15, 0.2) is 22.8 Å². The maximum atomic E-state index is 10.5. The lowest BCUT2D eigenvalue weighted by atomic mass is 10.1. The van der Waals surface area contributed by atoms with Crippen molar-refractivity contribution in [2.24, 2.45) is 0 Å². The fourth-order valence-electron chi connectivity index (χ4n) is 3.12. The average Bonchev–Trinajstić information content (AvgIpc) is 3.21. The van der Waals surface area contributed by atoms with Gasteiger partial charge in [-0.05, 0) is 40.7 Å². The molecule has 3 rings (SSSR count). The molecule has 0 saturated carbocycles. The van der Waals surface area contributed by atoms with Crippen molar-refractivity contribution >= 4 is 68.0 Å². The minimum Gasteiger partial charge on any atom is -0.387 e. The van der Waals surface area contributed by atoms with Crippen LogP contribution in [0, 0.1) is 0 Å². The highest BCUT2D eigenvalue weighted by Crippen LogP contribution is 2.58. The van der Waals surface area contributed by atoms with Gasteiger partial charge in [-0.1, -0.05) is 37.9 Å². The van der Waals surface area contributed by atoms with Crippen molar-refractivity contribution in [3.63, 3.8) is 0 Å². The third kappa shape index (κ3) is 5.96. The monoisotopic (exact) mass is 515 g/mol. The second kappa shape index (κ2) is 10.6. The standard InChI is InChI=1S/C16H24Cl2N5O4PS2/c1-2-3-4-5-6-30-16-21-13(19)10-14(22-16)23(8-20-10)15-12(25)11(24)9(27-15)7-26-28(17,18)29/h8-9,11-12,15,24-25H,2-7H2,1H3,(H2,19,21,22)/t9-,11-,12-,15-/m1/s1. The van der Waals surface area contributed by atoms with E-state index in [1.165, 1.54) is 35.5 Å². The molecule has 0 aromatic carbocycles. The third-order valence-corrected chi connectivity index (χ3v) is 6.94. The van der Waals surface area contributed by atoms with Gasteiger partial charge in [0.1, 0.15) is 23.8 Å². The summed E-state index contributed by atoms with van der Waals surface area (Å²) in [7, 11) is 0. The zero-order valence-electron chi connectivity index (χ0n) is 16.2. The Labute approximate surface area is 193 Å². The zero-order valence-corrected chi connectivity index (χ0v) is 20.3. The van der Waals surface area contributed by atoms with E-state index in [-0.39, 0.29) is 12.4 Å². The van der Waals surface area contributed by atoms with Crippen LogP contribution in [0.15, 0.2) is 11.5 Å². The summed E-state index contributed by atoms with van der Waals surface area (Å²) >= 11 is 17.8. The number of hydrogen-bond acceptors (Lipinski definition) is 10. The van der Waals surface area contributed by atoms with Crippen LogP contribution in [0.5, 0.6) is 0 Å². The molecule has 1 aliphatic rings. The van der Waals surface area contributed by atoms with E-state index in [1.807, 2.05) is 0 Å². The molecule has 4 N–H and O–H groups in total. The molecule has 168 valence electrons. The molecule has 0 spiro atoms. The van der Waals surface area contributed by atoms with Crippen LogP contribution >= 0.6 is 39.2 Å². The molecule has 0 radical (unpaired) electrons. The maximum absolute atomic E-state index is 10.5. The highest BCUT2D eigenvalue weighted by molar-refractivity contribution is 8.36. The Balaban J connectivity index is 1.77. The molecule has 1 aliphatic heterocycles. The number of ether oxygens (including phenoxy) is 1. The average molecular weight is 516 g/mol. The van der Waals surface area contributed by atoms with Crippen molar-refractivity contribution in [3.05, 3.63) is 6.33 Å². The van der Waals surface area contributed by atoms with E-state index in [2.05, 4.69) is 21.9 Å². The summed E-state index contributed by atoms with van der Waals surface area (Å²) in [6.07, 6.45) is 1.74. The Morgan fingerprint density at radius 3 is 2.77 bits per heavy atom. The highest BCUT2D eigenvalue weighted by atomic mass is 35.9. The van der Waals surface area contributed by atoms with Crippen LogP contribution in [0.4, 0.5) is 5.82 Å². The summed E-state index contributed by atoms with van der Waals surface area (Å²) in [6, 6.07) is 0. The molecular weight excluding hydrogens is 492 g/mol. The largest absolute Gasteiger partial charge is 0.387 e. The van der Waals surface area contributed by atoms with Gasteiger partial charge < -0.3 is 25.2 Å². The van der Waals surface area contributed by atoms with Gasteiger partial charge in [-0.2, -0.15) is 0 Å². The first-order chi connectivity index (χ1) is 14.2. The Hall–Kier alpha value is -0.230. The number of aliphatic hydroxyl groups is 2. The number of anilines is 1. The SMILES string of the molecule is CCCCCCSc1nc(N)c2ncn([C@@H]3O[C@H](COP(=S)(Cl)Cl)[C@@H](O)[C@H]3O)c2n1. The molecule has 0 unspecified atom stereocenters. The molecule has 2 aromatic rings. The molecule has 30 heavy (non-hydrogen) atoms. The van der Waals surface area contributed by atoms with Crippen LogP contribution in [0.3, 0.4) is 0 Å². The summed E-state index contributed by atoms with van der Waals surface area (Å²) in [4.78, 5) is 10.1. The van der Waals surface area contributed by atoms with E-state index in [4.69, 9.17) is 49.3 Å². The first-order valence-corrected chi connectivity index (χ1v) is 15.0. The molecule has 0 amide bonds. The van der Waals surface area contributed by atoms with Gasteiger partial charge in [0.2, 0.25) is 4.97 Å². The maximum Gasteiger partial charge on any atom is 0.240 e. The quantitative estimate of drug-likeness (QED) is 0.187. The van der Waals surface area contributed by atoms with Crippen molar-refractivity contribution in [3.8, 4) is 0 Å². The molecule has 3 heterocycles. The summed E-state index contributed by atoms with van der Waals surface area (Å²) in [5.41, 5.74) is 6.86. The molecule has 4 atom stereocenters. The number of aliphatic hydroxyl groups excluding tert-OH is 2. The number of nitrogen functional groups attached to an aromatic ring is 1. The number of fused-ring (bicyclic) bond motifs is 1. The van der Waals surface area contributed by atoms with Crippen molar-refractivity contribution < 1.29 is 19.5 Å². The third-order valence-electron chi connectivity index (χ3n) is 4.66. The number of hydrogen-bond donors (Lipinski definition) is 3. The number of rotatable bonds is 10. The normalized spacial score (nSPS) is 24.7. The smallest absolute Gasteiger partial charge is 0.240 e. The van der Waals surface area contributed by atoms with Gasteiger partial charge in [0.25, 0.3) is 0 Å². The fourth-order valence-corrected chi connectivity index (χ4v) is 4.80. The van der Waals surface area contributed by atoms with E-state index in [1.54, 1.807) is 0 Å². The number of halogens is 2. The topological polar surface area (TPSA) is 129 Å². The number of aromatic nitrogens is 4. The summed E-state index contributed by atoms with van der Waals surface area (Å²) in [6.45, 7) is 2.02. The van der Waals surface area contributed by atoms with E-state index in [0.29, 0.717) is 16.3 Å². The number of nitrogens with zero attached hydrogens (tertiary/aromatic N) is 4. The van der Waals surface area contributed by atoms with Crippen LogP contribution < -0.4 is 5.73 Å². The van der Waals surface area contributed by atoms with Crippen molar-refractivity contribution in [2.45, 2.75) is 62.3 Å². The van der Waals surface area contributed by atoms with Crippen molar-refractivity contribution in [1.82, 2.24) is 19.5 Å². The Kier molecular flexibility index (Phi) is 8.62. The van der Waals surface area contributed by atoms with Crippen LogP contribution in [-0.4, -0.2) is 60.4 Å². The molecule has 0 aliphatic carbocycles. The highest BCUT2D eigenvalue weighted by Gasteiger charge is 2.45. The van der Waals surface area contributed by atoms with Crippen LogP contribution in [-0.2, 0) is 21.1 Å². The van der Waals surface area contributed by atoms with Crippen LogP contribution in [0.1, 0.15) is 38.8 Å². The molecule has 1 fully saturated rings. The summed E-state index contributed by atoms with van der Waals surface area (Å²) in [5, 5.41) is 21.4. The predicted molar refractivity (Wildman–Crippen MR) is 122 cm³/mol. The summed E-state index contributed by atoms with van der Waals surface area (Å²) in [5.74, 6) is 1.12. The minimum atomic E-state index is -2.97. The second-order valence-electron chi connectivity index (χ2n) is 6.88. The van der Waals surface area contributed by atoms with Crippen LogP contribution in [0.2, 0.25) is 0 Å². The van der Waals surface area contributed by atoms with Gasteiger partial charge in [0, 0.05) is 5.75 Å². The number of nitrogens with two attached hydrogens (primary N) is 1. The van der Waals surface area contributed by atoms with Crippen molar-refractivity contribution in [2.75, 3.05) is 18.1 Å². The van der Waals surface area contributed by atoms with E-state index in [0.717, 1.165) is 18.6 Å². The summed E-state index contributed by atoms with van der Waals surface area (Å²) < 4.78 is 12.5. The molecule has 9 nitrogen and oxygen atoms in total. The number of imidazole rings is 1. The number of unbranched alkanes of at least 4 members (excludes halogenated alkanes) is 3. The van der Waals surface area contributed by atoms with Crippen molar-refractivity contribution in [1.29, 1.82) is 0 Å². The van der Waals surface area contributed by atoms with Gasteiger partial charge in [-0.25, -0.2) is 15.0 Å². The van der Waals surface area contributed by atoms with Gasteiger partial charge in [-0.3, -0.25) is 4.57 Å². The molecular formula is C16H24Cl2N5O4PS2. The predicted octanol–water partition coefficient (Wildman–Crippen LogP) is 3.42. The van der Waals surface area contributed by atoms with Gasteiger partial charge in [0.05, 0.1) is 12.9 Å². The zero-order chi connectivity index (χ0) is 21.9. The first-order valence-electron chi connectivity index (χ1n) is 9.49. The molecule has 1 saturated heterocycles. The number of thioether (sulfide) groups is 1. The lowest BCUT2D eigenvalue weighted by molar-refractivity contribution is -0.0459. The lowest BCUT2D eigenvalue weighted by Gasteiger charge is -2.17. The Morgan fingerprint density at radius 2 is 2.07 bits per heavy atom. The van der Waals surface area contributed by atoms with E-state index < -0.39 is 29.5 Å². The van der Waals surface area contributed by atoms with Gasteiger partial charge >= 0.3 is 0 Å². The molecule has 2 aromatic heterocycles. The molecule has 14 heteroatoms. The first kappa shape index (κ1) is 24.4. The Bertz CT molecular complexity index is 917. The second-order valence-corrected chi connectivity index (χ2v) is 15.2.